The summed E-state index contributed by atoms with van der Waals surface area (Å²) < 4.78 is 11.4. The minimum absolute atomic E-state index is 0.000676. The van der Waals surface area contributed by atoms with Crippen LogP contribution in [0.2, 0.25) is 0 Å². The number of nitrogens with zero attached hydrogens (tertiary/aromatic N) is 2. The van der Waals surface area contributed by atoms with Gasteiger partial charge in [0.05, 0.1) is 0 Å². The molecular formula is C28H30N2O4. The number of furan rings is 1. The molecule has 0 aliphatic heterocycles. The van der Waals surface area contributed by atoms with Crippen LogP contribution in [0.4, 0.5) is 11.4 Å². The topological polar surface area (TPSA) is 66.9 Å². The highest BCUT2D eigenvalue weighted by Crippen LogP contribution is 2.26. The van der Waals surface area contributed by atoms with Crippen LogP contribution in [0.1, 0.15) is 43.8 Å². The molecule has 0 aliphatic carbocycles. The van der Waals surface area contributed by atoms with Crippen molar-refractivity contribution >= 4 is 45.2 Å². The fraction of sp³-hybridized carbons (Fsp3) is 0.286. The zero-order valence-electron chi connectivity index (χ0n) is 20.1. The Kier molecular flexibility index (Phi) is 6.87. The molecule has 0 amide bonds. The average molecular weight is 459 g/mol. The van der Waals surface area contributed by atoms with Crippen molar-refractivity contribution in [1.82, 2.24) is 0 Å². The molecule has 34 heavy (non-hydrogen) atoms. The van der Waals surface area contributed by atoms with Crippen molar-refractivity contribution in [3.63, 3.8) is 0 Å². The first-order valence-electron chi connectivity index (χ1n) is 11.8. The fourth-order valence-corrected chi connectivity index (χ4v) is 4.21. The maximum absolute atomic E-state index is 12.8. The Morgan fingerprint density at radius 3 is 1.85 bits per heavy atom. The standard InChI is InChI=1S/C28H30N2O4/c1-5-29(6-2)21-11-9-19-15-23(33-26(19)17-21)13-14-25(31)24-16-20-10-12-22(30(7-3)8-4)18-27(20)34-28(24)32/h9-18H,5-8H2,1-4H3. The lowest BCUT2D eigenvalue weighted by molar-refractivity contribution is 0.104. The zero-order valence-corrected chi connectivity index (χ0v) is 20.1. The predicted octanol–water partition coefficient (Wildman–Crippen LogP) is 6.13. The van der Waals surface area contributed by atoms with E-state index in [9.17, 15) is 9.59 Å². The quantitative estimate of drug-likeness (QED) is 0.171. The van der Waals surface area contributed by atoms with Gasteiger partial charge in [-0.15, -0.1) is 0 Å². The van der Waals surface area contributed by atoms with Crippen LogP contribution in [0.25, 0.3) is 28.0 Å². The fourth-order valence-electron chi connectivity index (χ4n) is 4.21. The normalized spacial score (nSPS) is 11.5. The molecule has 0 saturated heterocycles. The number of hydrogen-bond acceptors (Lipinski definition) is 6. The van der Waals surface area contributed by atoms with E-state index < -0.39 is 11.4 Å². The molecule has 0 spiro atoms. The number of hydrogen-bond donors (Lipinski definition) is 0. The van der Waals surface area contributed by atoms with E-state index in [-0.39, 0.29) is 5.56 Å². The first kappa shape index (κ1) is 23.4. The van der Waals surface area contributed by atoms with Crippen molar-refractivity contribution in [1.29, 1.82) is 0 Å². The largest absolute Gasteiger partial charge is 0.457 e. The summed E-state index contributed by atoms with van der Waals surface area (Å²) in [7, 11) is 0. The minimum Gasteiger partial charge on any atom is -0.457 e. The molecule has 0 unspecified atom stereocenters. The Bertz CT molecular complexity index is 1410. The second kappa shape index (κ2) is 10.00. The van der Waals surface area contributed by atoms with E-state index in [4.69, 9.17) is 8.83 Å². The molecule has 0 radical (unpaired) electrons. The molecule has 0 fully saturated rings. The van der Waals surface area contributed by atoms with E-state index in [0.717, 1.165) is 48.5 Å². The van der Waals surface area contributed by atoms with E-state index in [1.54, 1.807) is 12.1 Å². The Hall–Kier alpha value is -3.80. The van der Waals surface area contributed by atoms with Gasteiger partial charge in [0.25, 0.3) is 0 Å². The third-order valence-corrected chi connectivity index (χ3v) is 6.16. The number of carbonyl (C=O) groups excluding carboxylic acids is 1. The van der Waals surface area contributed by atoms with Gasteiger partial charge in [0, 0.05) is 60.5 Å². The number of fused-ring (bicyclic) bond motifs is 2. The predicted molar refractivity (Wildman–Crippen MR) is 139 cm³/mol. The van der Waals surface area contributed by atoms with Gasteiger partial charge in [-0.25, -0.2) is 4.79 Å². The van der Waals surface area contributed by atoms with Crippen LogP contribution in [0, 0.1) is 0 Å². The number of allylic oxidation sites excluding steroid dienone is 1. The maximum atomic E-state index is 12.8. The summed E-state index contributed by atoms with van der Waals surface area (Å²) in [5.41, 5.74) is 2.65. The Labute approximate surface area is 199 Å². The SMILES string of the molecule is CCN(CC)c1ccc2cc(C=CC(=O)c3cc4ccc(N(CC)CC)cc4oc3=O)oc2c1. The molecule has 0 bridgehead atoms. The van der Waals surface area contributed by atoms with Gasteiger partial charge >= 0.3 is 5.63 Å². The van der Waals surface area contributed by atoms with Crippen LogP contribution in [-0.4, -0.2) is 32.0 Å². The molecule has 2 aromatic carbocycles. The zero-order chi connectivity index (χ0) is 24.2. The van der Waals surface area contributed by atoms with Crippen LogP contribution in [0.3, 0.4) is 0 Å². The van der Waals surface area contributed by atoms with Gasteiger partial charge in [0.1, 0.15) is 22.5 Å². The summed E-state index contributed by atoms with van der Waals surface area (Å²) in [6, 6.07) is 15.2. The second-order valence-electron chi connectivity index (χ2n) is 8.08. The van der Waals surface area contributed by atoms with E-state index in [2.05, 4.69) is 43.6 Å². The third kappa shape index (κ3) is 4.62. The van der Waals surface area contributed by atoms with Gasteiger partial charge in [-0.3, -0.25) is 4.79 Å². The summed E-state index contributed by atoms with van der Waals surface area (Å²) >= 11 is 0. The second-order valence-corrected chi connectivity index (χ2v) is 8.08. The highest BCUT2D eigenvalue weighted by atomic mass is 16.4. The number of benzene rings is 2. The van der Waals surface area contributed by atoms with Crippen molar-refractivity contribution in [2.24, 2.45) is 0 Å². The molecular weight excluding hydrogens is 428 g/mol. The average Bonchev–Trinajstić information content (AvgIpc) is 3.26. The summed E-state index contributed by atoms with van der Waals surface area (Å²) in [5, 5.41) is 1.66. The molecule has 0 N–H and O–H groups in total. The maximum Gasteiger partial charge on any atom is 0.347 e. The van der Waals surface area contributed by atoms with Crippen LogP contribution in [-0.2, 0) is 0 Å². The van der Waals surface area contributed by atoms with E-state index in [1.807, 2.05) is 36.4 Å². The lowest BCUT2D eigenvalue weighted by Gasteiger charge is -2.20. The molecule has 0 aliphatic rings. The molecule has 176 valence electrons. The van der Waals surface area contributed by atoms with Crippen molar-refractivity contribution < 1.29 is 13.6 Å². The van der Waals surface area contributed by atoms with Crippen molar-refractivity contribution in [2.75, 3.05) is 36.0 Å². The minimum atomic E-state index is -0.646. The molecule has 6 heteroatoms. The van der Waals surface area contributed by atoms with Crippen molar-refractivity contribution in [3.8, 4) is 0 Å². The van der Waals surface area contributed by atoms with Crippen LogP contribution >= 0.6 is 0 Å². The van der Waals surface area contributed by atoms with Crippen molar-refractivity contribution in [2.45, 2.75) is 27.7 Å². The monoisotopic (exact) mass is 458 g/mol. The van der Waals surface area contributed by atoms with Gasteiger partial charge in [0.15, 0.2) is 5.78 Å². The van der Waals surface area contributed by atoms with Gasteiger partial charge < -0.3 is 18.6 Å². The first-order valence-corrected chi connectivity index (χ1v) is 11.8. The van der Waals surface area contributed by atoms with Crippen LogP contribution in [0.5, 0.6) is 0 Å². The number of rotatable bonds is 9. The summed E-state index contributed by atoms with van der Waals surface area (Å²) in [4.78, 5) is 29.7. The number of ketones is 1. The highest BCUT2D eigenvalue weighted by molar-refractivity contribution is 6.08. The highest BCUT2D eigenvalue weighted by Gasteiger charge is 2.13. The Morgan fingerprint density at radius 2 is 1.29 bits per heavy atom. The number of anilines is 2. The molecule has 6 nitrogen and oxygen atoms in total. The summed E-state index contributed by atoms with van der Waals surface area (Å²) in [6.45, 7) is 11.9. The van der Waals surface area contributed by atoms with Crippen LogP contribution in [0.15, 0.2) is 68.2 Å². The number of carbonyl (C=O) groups is 1. The first-order chi connectivity index (χ1) is 16.5. The molecule has 4 rings (SSSR count). The molecule has 2 heterocycles. The lowest BCUT2D eigenvalue weighted by atomic mass is 10.1. The van der Waals surface area contributed by atoms with Gasteiger partial charge in [0.2, 0.25) is 0 Å². The molecule has 0 saturated carbocycles. The van der Waals surface area contributed by atoms with Crippen LogP contribution < -0.4 is 15.4 Å². The molecule has 0 atom stereocenters. The van der Waals surface area contributed by atoms with Crippen molar-refractivity contribution in [3.05, 3.63) is 76.4 Å². The summed E-state index contributed by atoms with van der Waals surface area (Å²) in [5.74, 6) is 0.127. The molecule has 4 aromatic rings. The van der Waals surface area contributed by atoms with E-state index in [0.29, 0.717) is 16.7 Å². The molecule has 2 aromatic heterocycles. The third-order valence-electron chi connectivity index (χ3n) is 6.16. The Morgan fingerprint density at radius 1 is 0.765 bits per heavy atom. The van der Waals surface area contributed by atoms with E-state index >= 15 is 0 Å². The van der Waals surface area contributed by atoms with Gasteiger partial charge in [-0.1, -0.05) is 0 Å². The van der Waals surface area contributed by atoms with Gasteiger partial charge in [-0.05, 0) is 76.2 Å². The summed E-state index contributed by atoms with van der Waals surface area (Å²) in [6.07, 6.45) is 2.94. The van der Waals surface area contributed by atoms with Gasteiger partial charge in [-0.2, -0.15) is 0 Å². The Balaban J connectivity index is 1.59. The lowest BCUT2D eigenvalue weighted by Crippen LogP contribution is -2.21. The smallest absolute Gasteiger partial charge is 0.347 e. The van der Waals surface area contributed by atoms with E-state index in [1.165, 1.54) is 6.08 Å².